The number of pyridine rings is 1. The first kappa shape index (κ1) is 18.5. The van der Waals surface area contributed by atoms with Crippen molar-refractivity contribution in [2.75, 3.05) is 18.0 Å². The van der Waals surface area contributed by atoms with Crippen LogP contribution in [-0.4, -0.2) is 41.0 Å². The number of anilines is 2. The molecule has 0 bridgehead atoms. The number of carbonyl (C=O) groups is 2. The van der Waals surface area contributed by atoms with Crippen molar-refractivity contribution in [2.45, 2.75) is 44.6 Å². The van der Waals surface area contributed by atoms with E-state index in [4.69, 9.17) is 0 Å². The molecule has 0 radical (unpaired) electrons. The van der Waals surface area contributed by atoms with Gasteiger partial charge < -0.3 is 10.2 Å². The van der Waals surface area contributed by atoms with Crippen LogP contribution in [0.1, 0.15) is 38.7 Å². The number of benzene rings is 1. The summed E-state index contributed by atoms with van der Waals surface area (Å²) in [6, 6.07) is 11.9. The summed E-state index contributed by atoms with van der Waals surface area (Å²) in [5.41, 5.74) is 2.21. The zero-order valence-electron chi connectivity index (χ0n) is 16.4. The van der Waals surface area contributed by atoms with Crippen LogP contribution in [0, 0.1) is 0 Å². The molecule has 2 aliphatic rings. The van der Waals surface area contributed by atoms with Crippen LogP contribution < -0.4 is 10.2 Å². The number of rotatable bonds is 3. The van der Waals surface area contributed by atoms with Gasteiger partial charge in [-0.3, -0.25) is 14.7 Å². The van der Waals surface area contributed by atoms with Crippen LogP contribution in [0.3, 0.4) is 0 Å². The molecule has 1 atom stereocenters. The van der Waals surface area contributed by atoms with Gasteiger partial charge in [0.05, 0.1) is 23.0 Å². The van der Waals surface area contributed by atoms with Crippen molar-refractivity contribution >= 4 is 23.3 Å². The van der Waals surface area contributed by atoms with Gasteiger partial charge in [-0.1, -0.05) is 25.1 Å². The van der Waals surface area contributed by atoms with Gasteiger partial charge in [-0.2, -0.15) is 0 Å². The highest BCUT2D eigenvalue weighted by Gasteiger charge is 2.52. The first-order valence-corrected chi connectivity index (χ1v) is 9.96. The number of aromatic nitrogens is 1. The molecule has 1 fully saturated rings. The minimum Gasteiger partial charge on any atom is -0.336 e. The van der Waals surface area contributed by atoms with E-state index in [2.05, 4.69) is 23.3 Å². The van der Waals surface area contributed by atoms with E-state index in [0.717, 1.165) is 23.4 Å². The van der Waals surface area contributed by atoms with Crippen LogP contribution in [-0.2, 0) is 10.2 Å². The molecule has 0 unspecified atom stereocenters. The summed E-state index contributed by atoms with van der Waals surface area (Å²) in [5.74, 6) is 0.0867. The van der Waals surface area contributed by atoms with Gasteiger partial charge in [0.2, 0.25) is 5.91 Å². The maximum atomic E-state index is 13.6. The second-order valence-electron chi connectivity index (χ2n) is 7.70. The Balaban J connectivity index is 1.61. The first-order chi connectivity index (χ1) is 13.6. The van der Waals surface area contributed by atoms with E-state index in [0.29, 0.717) is 25.9 Å². The molecule has 1 saturated heterocycles. The van der Waals surface area contributed by atoms with Crippen molar-refractivity contribution in [2.24, 2.45) is 0 Å². The Labute approximate surface area is 165 Å². The van der Waals surface area contributed by atoms with E-state index < -0.39 is 5.41 Å². The largest absolute Gasteiger partial charge is 0.336 e. The first-order valence-electron chi connectivity index (χ1n) is 9.96. The lowest BCUT2D eigenvalue weighted by Crippen LogP contribution is -2.52. The van der Waals surface area contributed by atoms with Crippen molar-refractivity contribution in [1.82, 2.24) is 15.2 Å². The highest BCUT2D eigenvalue weighted by Crippen LogP contribution is 2.50. The zero-order chi connectivity index (χ0) is 19.7. The number of nitrogens with one attached hydrogen (secondary N) is 1. The lowest BCUT2D eigenvalue weighted by molar-refractivity contribution is -0.124. The average molecular weight is 378 g/mol. The van der Waals surface area contributed by atoms with Gasteiger partial charge in [0, 0.05) is 25.3 Å². The van der Waals surface area contributed by atoms with E-state index in [9.17, 15) is 9.59 Å². The standard InChI is InChI=1S/C22H26N4O2/c1-3-16(2)24-21(28)25-13-10-22(11-14-25)18-8-4-5-9-19(18)26(20(22)27)17-7-6-12-23-15-17/h4-9,12,15-16H,3,10-11,13-14H2,1-2H3,(H,24,28)/t16-/m1/s1. The number of hydrogen-bond donors (Lipinski definition) is 1. The Morgan fingerprint density at radius 3 is 2.64 bits per heavy atom. The molecule has 2 aromatic rings. The summed E-state index contributed by atoms with van der Waals surface area (Å²) in [6.07, 6.45) is 5.60. The maximum Gasteiger partial charge on any atom is 0.317 e. The highest BCUT2D eigenvalue weighted by atomic mass is 16.2. The van der Waals surface area contributed by atoms with Crippen molar-refractivity contribution in [3.63, 3.8) is 0 Å². The molecule has 6 heteroatoms. The molecule has 28 heavy (non-hydrogen) atoms. The number of amides is 3. The fraction of sp³-hybridized carbons (Fsp3) is 0.409. The number of urea groups is 1. The van der Waals surface area contributed by atoms with Crippen molar-refractivity contribution in [1.29, 1.82) is 0 Å². The Morgan fingerprint density at radius 1 is 1.21 bits per heavy atom. The van der Waals surface area contributed by atoms with Gasteiger partial charge in [-0.25, -0.2) is 4.79 Å². The van der Waals surface area contributed by atoms with Crippen LogP contribution in [0.15, 0.2) is 48.8 Å². The second-order valence-corrected chi connectivity index (χ2v) is 7.70. The molecular weight excluding hydrogens is 352 g/mol. The van der Waals surface area contributed by atoms with E-state index in [1.165, 1.54) is 0 Å². The molecule has 1 spiro atoms. The quantitative estimate of drug-likeness (QED) is 0.887. The van der Waals surface area contributed by atoms with E-state index in [-0.39, 0.29) is 18.0 Å². The van der Waals surface area contributed by atoms with Gasteiger partial charge in [-0.05, 0) is 49.9 Å². The number of nitrogens with zero attached hydrogens (tertiary/aromatic N) is 3. The zero-order valence-corrected chi connectivity index (χ0v) is 16.4. The summed E-state index contributed by atoms with van der Waals surface area (Å²) in [6.45, 7) is 5.20. The van der Waals surface area contributed by atoms with Gasteiger partial charge in [-0.15, -0.1) is 0 Å². The molecular formula is C22H26N4O2. The van der Waals surface area contributed by atoms with Crippen molar-refractivity contribution in [3.8, 4) is 0 Å². The average Bonchev–Trinajstić information content (AvgIpc) is 2.97. The number of fused-ring (bicyclic) bond motifs is 2. The van der Waals surface area contributed by atoms with E-state index >= 15 is 0 Å². The van der Waals surface area contributed by atoms with Gasteiger partial charge in [0.15, 0.2) is 0 Å². The normalized spacial score (nSPS) is 18.9. The molecule has 2 aliphatic heterocycles. The number of para-hydroxylation sites is 1. The lowest BCUT2D eigenvalue weighted by Gasteiger charge is -2.38. The van der Waals surface area contributed by atoms with Crippen LogP contribution in [0.4, 0.5) is 16.2 Å². The lowest BCUT2D eigenvalue weighted by atomic mass is 9.73. The number of piperidine rings is 1. The third-order valence-corrected chi connectivity index (χ3v) is 6.06. The van der Waals surface area contributed by atoms with Crippen LogP contribution in [0.25, 0.3) is 0 Å². The number of carbonyl (C=O) groups excluding carboxylic acids is 2. The molecule has 1 aromatic heterocycles. The summed E-state index contributed by atoms with van der Waals surface area (Å²) in [5, 5.41) is 3.03. The smallest absolute Gasteiger partial charge is 0.317 e. The molecule has 4 rings (SSSR count). The van der Waals surface area contributed by atoms with Gasteiger partial charge in [0.1, 0.15) is 0 Å². The molecule has 1 N–H and O–H groups in total. The van der Waals surface area contributed by atoms with Crippen LogP contribution in [0.2, 0.25) is 0 Å². The van der Waals surface area contributed by atoms with Gasteiger partial charge in [0.25, 0.3) is 0 Å². The predicted octanol–water partition coefficient (Wildman–Crippen LogP) is 3.60. The fourth-order valence-corrected chi connectivity index (χ4v) is 4.23. The summed E-state index contributed by atoms with van der Waals surface area (Å²) in [4.78, 5) is 33.9. The van der Waals surface area contributed by atoms with E-state index in [1.807, 2.05) is 42.2 Å². The minimum absolute atomic E-state index is 0.0351. The summed E-state index contributed by atoms with van der Waals surface area (Å²) >= 11 is 0. The minimum atomic E-state index is -0.570. The topological polar surface area (TPSA) is 65.5 Å². The molecule has 6 nitrogen and oxygen atoms in total. The SMILES string of the molecule is CC[C@@H](C)NC(=O)N1CCC2(CC1)C(=O)N(c1cccnc1)c1ccccc12. The van der Waals surface area contributed by atoms with E-state index in [1.54, 1.807) is 17.3 Å². The summed E-state index contributed by atoms with van der Waals surface area (Å²) in [7, 11) is 0. The maximum absolute atomic E-state index is 13.6. The Kier molecular flexibility index (Phi) is 4.79. The Hall–Kier alpha value is -2.89. The third kappa shape index (κ3) is 2.93. The monoisotopic (exact) mass is 378 g/mol. The van der Waals surface area contributed by atoms with Crippen molar-refractivity contribution < 1.29 is 9.59 Å². The molecule has 1 aromatic carbocycles. The van der Waals surface area contributed by atoms with Crippen molar-refractivity contribution in [3.05, 3.63) is 54.4 Å². The predicted molar refractivity (Wildman–Crippen MR) is 109 cm³/mol. The highest BCUT2D eigenvalue weighted by molar-refractivity contribution is 6.13. The molecule has 3 heterocycles. The fourth-order valence-electron chi connectivity index (χ4n) is 4.23. The Morgan fingerprint density at radius 2 is 1.96 bits per heavy atom. The third-order valence-electron chi connectivity index (χ3n) is 6.06. The summed E-state index contributed by atoms with van der Waals surface area (Å²) < 4.78 is 0. The number of likely N-dealkylation sites (tertiary alicyclic amines) is 1. The van der Waals surface area contributed by atoms with Gasteiger partial charge >= 0.3 is 6.03 Å². The number of hydrogen-bond acceptors (Lipinski definition) is 3. The molecule has 3 amide bonds. The second kappa shape index (κ2) is 7.26. The van der Waals surface area contributed by atoms with Crippen LogP contribution in [0.5, 0.6) is 0 Å². The van der Waals surface area contributed by atoms with Crippen LogP contribution >= 0.6 is 0 Å². The molecule has 146 valence electrons. The molecule has 0 saturated carbocycles. The molecule has 0 aliphatic carbocycles. The Bertz CT molecular complexity index is 875.